The molecule has 1 heterocycles. The second kappa shape index (κ2) is 8.00. The lowest BCUT2D eigenvalue weighted by Crippen LogP contribution is -2.40. The second-order valence-corrected chi connectivity index (χ2v) is 8.14. The third-order valence-electron chi connectivity index (χ3n) is 4.11. The summed E-state index contributed by atoms with van der Waals surface area (Å²) in [4.78, 5) is 18.3. The summed E-state index contributed by atoms with van der Waals surface area (Å²) in [6.07, 6.45) is 3.25. The lowest BCUT2D eigenvalue weighted by Gasteiger charge is -2.13. The number of aryl methyl sites for hydroxylation is 1. The van der Waals surface area contributed by atoms with E-state index in [0.717, 1.165) is 0 Å². The predicted octanol–water partition coefficient (Wildman–Crippen LogP) is 3.03. The van der Waals surface area contributed by atoms with E-state index < -0.39 is 10.0 Å². The molecule has 0 radical (unpaired) electrons. The van der Waals surface area contributed by atoms with Gasteiger partial charge in [0.2, 0.25) is 12.4 Å². The number of pyridine rings is 1. The topological polar surface area (TPSA) is 76.3 Å². The van der Waals surface area contributed by atoms with Gasteiger partial charge in [0.1, 0.15) is 7.11 Å². The Hall–Kier alpha value is -2.90. The zero-order valence-corrected chi connectivity index (χ0v) is 16.8. The summed E-state index contributed by atoms with van der Waals surface area (Å²) in [7, 11) is -2.35. The van der Waals surface area contributed by atoms with Gasteiger partial charge in [-0.2, -0.15) is 0 Å². The predicted molar refractivity (Wildman–Crippen MR) is 106 cm³/mol. The Kier molecular flexibility index (Phi) is 5.67. The molecule has 3 rings (SSSR count). The summed E-state index contributed by atoms with van der Waals surface area (Å²) in [5, 5.41) is 0.326. The number of ketones is 1. The zero-order chi connectivity index (χ0) is 20.3. The minimum absolute atomic E-state index is 0.0976. The molecular formula is C20H18ClN2O4S+. The number of nitrogens with zero attached hydrogens (tertiary/aromatic N) is 1. The molecular weight excluding hydrogens is 400 g/mol. The van der Waals surface area contributed by atoms with Crippen molar-refractivity contribution in [1.29, 1.82) is 0 Å². The lowest BCUT2D eigenvalue weighted by atomic mass is 9.99. The van der Waals surface area contributed by atoms with Crippen LogP contribution in [-0.2, 0) is 10.0 Å². The molecule has 0 saturated carbocycles. The molecule has 8 heteroatoms. The molecule has 0 unspecified atom stereocenters. The molecule has 0 aliphatic carbocycles. The molecule has 0 amide bonds. The molecule has 0 saturated heterocycles. The van der Waals surface area contributed by atoms with Crippen LogP contribution in [0.25, 0.3) is 0 Å². The van der Waals surface area contributed by atoms with E-state index in [-0.39, 0.29) is 21.9 Å². The first kappa shape index (κ1) is 19.9. The minimum Gasteiger partial charge on any atom is -0.289 e. The van der Waals surface area contributed by atoms with Gasteiger partial charge in [0.15, 0.2) is 5.78 Å². The monoisotopic (exact) mass is 417 g/mol. The Morgan fingerprint density at radius 2 is 1.79 bits per heavy atom. The number of sulfonamides is 1. The maximum absolute atomic E-state index is 13.1. The maximum atomic E-state index is 13.1. The number of anilines is 1. The Bertz CT molecular complexity index is 1130. The van der Waals surface area contributed by atoms with Gasteiger partial charge in [-0.05, 0) is 37.3 Å². The van der Waals surface area contributed by atoms with Crippen LogP contribution in [0.4, 0.5) is 5.69 Å². The molecule has 1 N–H and O–H groups in total. The summed E-state index contributed by atoms with van der Waals surface area (Å²) in [5.74, 6) is -0.353. The van der Waals surface area contributed by atoms with Crippen molar-refractivity contribution in [2.45, 2.75) is 11.8 Å². The first-order valence-corrected chi connectivity index (χ1v) is 10.2. The quantitative estimate of drug-likeness (QED) is 0.494. The third kappa shape index (κ3) is 4.16. The summed E-state index contributed by atoms with van der Waals surface area (Å²) in [5.41, 5.74) is 1.40. The average molecular weight is 418 g/mol. The van der Waals surface area contributed by atoms with E-state index in [1.54, 1.807) is 43.6 Å². The molecule has 2 aromatic carbocycles. The Morgan fingerprint density at radius 3 is 2.43 bits per heavy atom. The van der Waals surface area contributed by atoms with E-state index in [1.165, 1.54) is 42.2 Å². The largest absolute Gasteiger partial charge is 0.289 e. The molecule has 0 atom stereocenters. The number of hydrogen-bond acceptors (Lipinski definition) is 4. The summed E-state index contributed by atoms with van der Waals surface area (Å²) >= 11 is 6.07. The molecule has 0 aliphatic rings. The highest BCUT2D eigenvalue weighted by molar-refractivity contribution is 7.92. The van der Waals surface area contributed by atoms with Crippen LogP contribution in [-0.4, -0.2) is 21.3 Å². The number of hydrogen-bond donors (Lipinski definition) is 1. The molecule has 144 valence electrons. The molecule has 3 aromatic rings. The summed E-state index contributed by atoms with van der Waals surface area (Å²) in [6.45, 7) is 1.76. The van der Waals surface area contributed by atoms with E-state index in [4.69, 9.17) is 16.4 Å². The van der Waals surface area contributed by atoms with Gasteiger partial charge < -0.3 is 0 Å². The van der Waals surface area contributed by atoms with Crippen LogP contribution in [0.5, 0.6) is 0 Å². The summed E-state index contributed by atoms with van der Waals surface area (Å²) < 4.78 is 29.3. The van der Waals surface area contributed by atoms with Crippen molar-refractivity contribution in [1.82, 2.24) is 0 Å². The number of halogens is 1. The molecule has 0 fully saturated rings. The molecule has 1 aromatic heterocycles. The van der Waals surface area contributed by atoms with E-state index in [2.05, 4.69) is 4.72 Å². The molecule has 28 heavy (non-hydrogen) atoms. The van der Waals surface area contributed by atoms with Gasteiger partial charge in [0, 0.05) is 32.5 Å². The molecule has 0 aliphatic heterocycles. The van der Waals surface area contributed by atoms with Crippen LogP contribution < -0.4 is 14.3 Å². The van der Waals surface area contributed by atoms with Crippen molar-refractivity contribution in [2.24, 2.45) is 0 Å². The highest BCUT2D eigenvalue weighted by atomic mass is 35.5. The van der Waals surface area contributed by atoms with E-state index in [1.807, 2.05) is 0 Å². The lowest BCUT2D eigenvalue weighted by molar-refractivity contribution is -0.885. The number of benzene rings is 2. The number of carbonyl (C=O) groups is 1. The van der Waals surface area contributed by atoms with Gasteiger partial charge in [-0.3, -0.25) is 14.4 Å². The average Bonchev–Trinajstić information content (AvgIpc) is 2.69. The van der Waals surface area contributed by atoms with Crippen molar-refractivity contribution in [3.63, 3.8) is 0 Å². The van der Waals surface area contributed by atoms with Gasteiger partial charge >= 0.3 is 0 Å². The SMILES string of the molecule is CO[n+]1ccc(C(=O)c2cc(Cl)ccc2NS(=O)(=O)c2ccccc2)c(C)c1. The minimum atomic E-state index is -3.85. The number of aromatic nitrogens is 1. The van der Waals surface area contributed by atoms with Crippen molar-refractivity contribution >= 4 is 33.1 Å². The molecule has 0 spiro atoms. The maximum Gasteiger partial charge on any atom is 0.261 e. The smallest absolute Gasteiger partial charge is 0.261 e. The normalized spacial score (nSPS) is 11.1. The van der Waals surface area contributed by atoms with E-state index in [9.17, 15) is 13.2 Å². The number of nitrogens with one attached hydrogen (secondary N) is 1. The third-order valence-corrected chi connectivity index (χ3v) is 5.73. The fourth-order valence-corrected chi connectivity index (χ4v) is 3.97. The first-order chi connectivity index (χ1) is 13.3. The van der Waals surface area contributed by atoms with Gasteiger partial charge in [0.25, 0.3) is 10.0 Å². The van der Waals surface area contributed by atoms with Crippen LogP contribution in [0.15, 0.2) is 71.9 Å². The fourth-order valence-electron chi connectivity index (χ4n) is 2.69. The number of rotatable bonds is 6. The Labute approximate surface area is 168 Å². The first-order valence-electron chi connectivity index (χ1n) is 8.30. The summed E-state index contributed by atoms with van der Waals surface area (Å²) in [6, 6.07) is 14.0. The zero-order valence-electron chi connectivity index (χ0n) is 15.2. The van der Waals surface area contributed by atoms with Crippen molar-refractivity contribution in [2.75, 3.05) is 11.8 Å². The second-order valence-electron chi connectivity index (χ2n) is 6.02. The molecule has 6 nitrogen and oxygen atoms in total. The van der Waals surface area contributed by atoms with Gasteiger partial charge in [-0.25, -0.2) is 8.42 Å². The van der Waals surface area contributed by atoms with Crippen molar-refractivity contribution < 1.29 is 22.8 Å². The molecule has 0 bridgehead atoms. The van der Waals surface area contributed by atoms with Crippen LogP contribution in [0, 0.1) is 6.92 Å². The van der Waals surface area contributed by atoms with Crippen LogP contribution >= 0.6 is 11.6 Å². The van der Waals surface area contributed by atoms with Crippen LogP contribution in [0.2, 0.25) is 5.02 Å². The van der Waals surface area contributed by atoms with Crippen LogP contribution in [0.3, 0.4) is 0 Å². The van der Waals surface area contributed by atoms with Gasteiger partial charge in [-0.15, -0.1) is 0 Å². The Balaban J connectivity index is 2.03. The Morgan fingerprint density at radius 1 is 1.07 bits per heavy atom. The van der Waals surface area contributed by atoms with Crippen LogP contribution in [0.1, 0.15) is 21.5 Å². The fraction of sp³-hybridized carbons (Fsp3) is 0.100. The van der Waals surface area contributed by atoms with E-state index >= 15 is 0 Å². The highest BCUT2D eigenvalue weighted by Crippen LogP contribution is 2.26. The standard InChI is InChI=1S/C20H17ClN2O4S/c1-14-13-23(27-2)11-10-17(14)20(24)18-12-15(21)8-9-19(18)22-28(25,26)16-6-4-3-5-7-16/h3-13H,1-2H3/p+1. The van der Waals surface area contributed by atoms with Gasteiger partial charge in [0.05, 0.1) is 10.6 Å². The van der Waals surface area contributed by atoms with E-state index in [0.29, 0.717) is 16.1 Å². The number of carbonyl (C=O) groups excluding carboxylic acids is 1. The highest BCUT2D eigenvalue weighted by Gasteiger charge is 2.22. The van der Waals surface area contributed by atoms with Crippen molar-refractivity contribution in [3.8, 4) is 0 Å². The van der Waals surface area contributed by atoms with Gasteiger partial charge in [-0.1, -0.05) is 29.8 Å². The van der Waals surface area contributed by atoms with Crippen molar-refractivity contribution in [3.05, 3.63) is 88.7 Å².